The number of nitrogens with zero attached hydrogens (tertiary/aromatic N) is 5. The van der Waals surface area contributed by atoms with E-state index in [1.807, 2.05) is 32.0 Å². The van der Waals surface area contributed by atoms with E-state index in [1.54, 1.807) is 11.6 Å². The van der Waals surface area contributed by atoms with Crippen LogP contribution in [0.5, 0.6) is 5.75 Å². The van der Waals surface area contributed by atoms with Crippen LogP contribution in [0.3, 0.4) is 0 Å². The van der Waals surface area contributed by atoms with E-state index < -0.39 is 17.4 Å². The maximum absolute atomic E-state index is 13.1. The lowest BCUT2D eigenvalue weighted by molar-refractivity contribution is 0.0935. The average molecular weight is 456 g/mol. The summed E-state index contributed by atoms with van der Waals surface area (Å²) >= 11 is 0. The lowest BCUT2D eigenvalue weighted by Gasteiger charge is -2.32. The monoisotopic (exact) mass is 455 g/mol. The molecule has 0 amide bonds. The zero-order valence-corrected chi connectivity index (χ0v) is 20.0. The standard InChI is InChI=1S/C24H33N5O4/c1-15-7-6-10-28(12-15)23-25-21-20(22(31)27(5)24(32)26(21)4)29(23)13-18(30)14-33-19-9-8-16(2)17(3)11-19/h8-9,11,15,18,30H,6-7,10,12-14H2,1-5H3/t15-,18+/m0/s1. The minimum atomic E-state index is -0.869. The van der Waals surface area contributed by atoms with Gasteiger partial charge in [-0.1, -0.05) is 13.0 Å². The van der Waals surface area contributed by atoms with Crippen LogP contribution in [-0.4, -0.2) is 49.6 Å². The summed E-state index contributed by atoms with van der Waals surface area (Å²) in [5.41, 5.74) is 2.10. The van der Waals surface area contributed by atoms with E-state index >= 15 is 0 Å². The van der Waals surface area contributed by atoms with Gasteiger partial charge < -0.3 is 19.3 Å². The summed E-state index contributed by atoms with van der Waals surface area (Å²) in [6, 6.07) is 5.81. The van der Waals surface area contributed by atoms with Gasteiger partial charge in [0.2, 0.25) is 5.95 Å². The number of fused-ring (bicyclic) bond motifs is 1. The van der Waals surface area contributed by atoms with Gasteiger partial charge in [-0.2, -0.15) is 4.98 Å². The number of aliphatic hydroxyl groups is 1. The first-order valence-corrected chi connectivity index (χ1v) is 11.5. The second-order valence-electron chi connectivity index (χ2n) is 9.30. The first kappa shape index (κ1) is 23.1. The van der Waals surface area contributed by atoms with Crippen molar-refractivity contribution in [2.45, 2.75) is 46.3 Å². The van der Waals surface area contributed by atoms with Crippen molar-refractivity contribution in [3.63, 3.8) is 0 Å². The molecule has 0 spiro atoms. The molecule has 1 aliphatic rings. The summed E-state index contributed by atoms with van der Waals surface area (Å²) in [4.78, 5) is 32.4. The second kappa shape index (κ2) is 9.05. The van der Waals surface area contributed by atoms with E-state index in [2.05, 4.69) is 11.8 Å². The fraction of sp³-hybridized carbons (Fsp3) is 0.542. The highest BCUT2D eigenvalue weighted by molar-refractivity contribution is 5.74. The van der Waals surface area contributed by atoms with Crippen molar-refractivity contribution in [3.05, 3.63) is 50.2 Å². The van der Waals surface area contributed by atoms with Gasteiger partial charge in [-0.3, -0.25) is 13.9 Å². The molecule has 3 heterocycles. The van der Waals surface area contributed by atoms with E-state index in [9.17, 15) is 14.7 Å². The summed E-state index contributed by atoms with van der Waals surface area (Å²) in [5, 5.41) is 10.9. The third-order valence-corrected chi connectivity index (χ3v) is 6.58. The Bertz CT molecular complexity index is 1290. The van der Waals surface area contributed by atoms with Crippen LogP contribution in [0.2, 0.25) is 0 Å². The number of aromatic nitrogens is 4. The Morgan fingerprint density at radius 3 is 2.64 bits per heavy atom. The molecule has 0 unspecified atom stereocenters. The molecule has 1 fully saturated rings. The molecule has 178 valence electrons. The zero-order valence-electron chi connectivity index (χ0n) is 20.0. The van der Waals surface area contributed by atoms with Crippen LogP contribution in [0.25, 0.3) is 11.2 Å². The van der Waals surface area contributed by atoms with E-state index in [0.717, 1.165) is 36.1 Å². The molecule has 4 rings (SSSR count). The van der Waals surface area contributed by atoms with Crippen LogP contribution in [0.4, 0.5) is 5.95 Å². The van der Waals surface area contributed by atoms with Crippen LogP contribution >= 0.6 is 0 Å². The number of rotatable bonds is 6. The number of piperidine rings is 1. The average Bonchev–Trinajstić information content (AvgIpc) is 3.16. The predicted octanol–water partition coefficient (Wildman–Crippen LogP) is 1.73. The van der Waals surface area contributed by atoms with Gasteiger partial charge in [-0.05, 0) is 55.9 Å². The number of aliphatic hydroxyl groups excluding tert-OH is 1. The highest BCUT2D eigenvalue weighted by atomic mass is 16.5. The highest BCUT2D eigenvalue weighted by Crippen LogP contribution is 2.26. The van der Waals surface area contributed by atoms with Gasteiger partial charge in [0.25, 0.3) is 5.56 Å². The Hall–Kier alpha value is -3.07. The third-order valence-electron chi connectivity index (χ3n) is 6.58. The van der Waals surface area contributed by atoms with Gasteiger partial charge >= 0.3 is 5.69 Å². The molecule has 3 aromatic rings. The Morgan fingerprint density at radius 2 is 1.94 bits per heavy atom. The molecule has 0 saturated carbocycles. The number of aryl methyl sites for hydroxylation is 3. The maximum atomic E-state index is 13.1. The number of ether oxygens (including phenoxy) is 1. The van der Waals surface area contributed by atoms with E-state index in [4.69, 9.17) is 9.72 Å². The topological polar surface area (TPSA) is 94.5 Å². The molecule has 1 aliphatic heterocycles. The fourth-order valence-corrected chi connectivity index (χ4v) is 4.48. The molecule has 2 atom stereocenters. The number of hydrogen-bond acceptors (Lipinski definition) is 6. The Kier molecular flexibility index (Phi) is 6.34. The summed E-state index contributed by atoms with van der Waals surface area (Å²) in [5.74, 6) is 1.80. The minimum Gasteiger partial charge on any atom is -0.491 e. The van der Waals surface area contributed by atoms with E-state index in [1.165, 1.54) is 17.2 Å². The summed E-state index contributed by atoms with van der Waals surface area (Å²) in [7, 11) is 3.08. The molecule has 0 aliphatic carbocycles. The van der Waals surface area contributed by atoms with E-state index in [-0.39, 0.29) is 13.2 Å². The van der Waals surface area contributed by atoms with E-state index in [0.29, 0.717) is 28.8 Å². The largest absolute Gasteiger partial charge is 0.491 e. The van der Waals surface area contributed by atoms with Crippen molar-refractivity contribution in [1.29, 1.82) is 0 Å². The van der Waals surface area contributed by atoms with Crippen molar-refractivity contribution in [2.75, 3.05) is 24.6 Å². The molecule has 1 N–H and O–H groups in total. The van der Waals surface area contributed by atoms with Crippen molar-refractivity contribution < 1.29 is 9.84 Å². The van der Waals surface area contributed by atoms with Crippen LogP contribution in [0.15, 0.2) is 27.8 Å². The summed E-state index contributed by atoms with van der Waals surface area (Å²) in [6.07, 6.45) is 1.30. The molecule has 9 heteroatoms. The molecule has 0 bridgehead atoms. The molecule has 1 aromatic carbocycles. The van der Waals surface area contributed by atoms with Crippen molar-refractivity contribution >= 4 is 17.1 Å². The number of hydrogen-bond donors (Lipinski definition) is 1. The Morgan fingerprint density at radius 1 is 1.18 bits per heavy atom. The number of benzene rings is 1. The van der Waals surface area contributed by atoms with Crippen LogP contribution < -0.4 is 20.9 Å². The van der Waals surface area contributed by atoms with Crippen LogP contribution in [0, 0.1) is 19.8 Å². The highest BCUT2D eigenvalue weighted by Gasteiger charge is 2.26. The first-order chi connectivity index (χ1) is 15.7. The molecular formula is C24H33N5O4. The van der Waals surface area contributed by atoms with Crippen molar-refractivity contribution in [1.82, 2.24) is 18.7 Å². The Balaban J connectivity index is 1.69. The number of imidazole rings is 1. The SMILES string of the molecule is Cc1ccc(OC[C@H](O)Cn2c(N3CCC[C@H](C)C3)nc3c2c(=O)n(C)c(=O)n3C)cc1C. The second-order valence-corrected chi connectivity index (χ2v) is 9.30. The molecular weight excluding hydrogens is 422 g/mol. The molecule has 33 heavy (non-hydrogen) atoms. The summed E-state index contributed by atoms with van der Waals surface area (Å²) < 4.78 is 10.1. The molecule has 0 radical (unpaired) electrons. The first-order valence-electron chi connectivity index (χ1n) is 11.5. The van der Waals surface area contributed by atoms with Gasteiger partial charge in [0.15, 0.2) is 11.2 Å². The van der Waals surface area contributed by atoms with Crippen molar-refractivity contribution in [2.24, 2.45) is 20.0 Å². The smallest absolute Gasteiger partial charge is 0.332 e. The molecule has 9 nitrogen and oxygen atoms in total. The molecule has 1 saturated heterocycles. The lowest BCUT2D eigenvalue weighted by Crippen LogP contribution is -2.39. The predicted molar refractivity (Wildman–Crippen MR) is 128 cm³/mol. The maximum Gasteiger partial charge on any atom is 0.332 e. The normalized spacial score (nSPS) is 17.5. The Labute approximate surface area is 192 Å². The van der Waals surface area contributed by atoms with Gasteiger partial charge in [0.05, 0.1) is 6.54 Å². The minimum absolute atomic E-state index is 0.0735. The van der Waals surface area contributed by atoms with Crippen LogP contribution in [-0.2, 0) is 20.6 Å². The van der Waals surface area contributed by atoms with Gasteiger partial charge in [0, 0.05) is 27.2 Å². The zero-order chi connectivity index (χ0) is 23.9. The van der Waals surface area contributed by atoms with Crippen molar-refractivity contribution in [3.8, 4) is 5.75 Å². The van der Waals surface area contributed by atoms with Crippen LogP contribution in [0.1, 0.15) is 30.9 Å². The van der Waals surface area contributed by atoms with Gasteiger partial charge in [0.1, 0.15) is 18.5 Å². The number of anilines is 1. The quantitative estimate of drug-likeness (QED) is 0.608. The molecule has 2 aromatic heterocycles. The lowest BCUT2D eigenvalue weighted by atomic mass is 10.0. The summed E-state index contributed by atoms with van der Waals surface area (Å²) in [6.45, 7) is 8.08. The van der Waals surface area contributed by atoms with Gasteiger partial charge in [-0.25, -0.2) is 4.79 Å². The van der Waals surface area contributed by atoms with Gasteiger partial charge in [-0.15, -0.1) is 0 Å². The third kappa shape index (κ3) is 4.42. The fourth-order valence-electron chi connectivity index (χ4n) is 4.48.